The second kappa shape index (κ2) is 7.20. The van der Waals surface area contributed by atoms with E-state index < -0.39 is 52.0 Å². The van der Waals surface area contributed by atoms with E-state index in [0.29, 0.717) is 18.9 Å². The molecule has 0 spiro atoms. The van der Waals surface area contributed by atoms with E-state index in [9.17, 15) is 30.0 Å². The number of sulfone groups is 1. The number of halogens is 4. The van der Waals surface area contributed by atoms with E-state index in [1.807, 2.05) is 0 Å². The maximum Gasteiger partial charge on any atom is 0.417 e. The van der Waals surface area contributed by atoms with Crippen molar-refractivity contribution in [2.45, 2.75) is 53.7 Å². The van der Waals surface area contributed by atoms with Gasteiger partial charge in [-0.3, -0.25) is 0 Å². The van der Waals surface area contributed by atoms with E-state index in [4.69, 9.17) is 11.6 Å². The van der Waals surface area contributed by atoms with Crippen LogP contribution in [0.25, 0.3) is 0 Å². The Hall–Kier alpha value is -0.840. The van der Waals surface area contributed by atoms with Gasteiger partial charge in [0.15, 0.2) is 9.84 Å². The van der Waals surface area contributed by atoms with E-state index >= 15 is 0 Å². The minimum Gasteiger partial charge on any atom is -0.228 e. The first-order chi connectivity index (χ1) is 12.4. The molecule has 0 radical (unpaired) electrons. The summed E-state index contributed by atoms with van der Waals surface area (Å²) in [6, 6.07) is 2.36. The molecule has 0 atom stereocenters. The van der Waals surface area contributed by atoms with Crippen LogP contribution in [0, 0.1) is 0 Å². The van der Waals surface area contributed by atoms with Gasteiger partial charge in [-0.2, -0.15) is 17.5 Å². The number of benzene rings is 1. The molecule has 0 bridgehead atoms. The third-order valence-electron chi connectivity index (χ3n) is 5.18. The zero-order chi connectivity index (χ0) is 20.0. The summed E-state index contributed by atoms with van der Waals surface area (Å²) < 4.78 is 90.2. The maximum atomic E-state index is 13.0. The lowest BCUT2D eigenvalue weighted by atomic mass is 10.0. The van der Waals surface area contributed by atoms with Crippen molar-refractivity contribution in [2.75, 3.05) is 13.1 Å². The summed E-state index contributed by atoms with van der Waals surface area (Å²) in [5, 5.41) is -1.85. The molecule has 1 saturated heterocycles. The molecule has 1 heterocycles. The van der Waals surface area contributed by atoms with Crippen molar-refractivity contribution in [3.8, 4) is 0 Å². The predicted molar refractivity (Wildman–Crippen MR) is 94.8 cm³/mol. The lowest BCUT2D eigenvalue weighted by Gasteiger charge is -2.39. The Balaban J connectivity index is 1.77. The molecule has 152 valence electrons. The lowest BCUT2D eigenvalue weighted by Crippen LogP contribution is -2.58. The lowest BCUT2D eigenvalue weighted by molar-refractivity contribution is -0.137. The number of alkyl halides is 3. The fourth-order valence-electron chi connectivity index (χ4n) is 3.50. The number of hydrogen-bond acceptors (Lipinski definition) is 4. The van der Waals surface area contributed by atoms with Gasteiger partial charge in [0.25, 0.3) is 0 Å². The Kier molecular flexibility index (Phi) is 5.57. The average Bonchev–Trinajstić information content (AvgIpc) is 2.52. The Morgan fingerprint density at radius 3 is 2.11 bits per heavy atom. The van der Waals surface area contributed by atoms with E-state index in [-0.39, 0.29) is 13.1 Å². The smallest absolute Gasteiger partial charge is 0.228 e. The van der Waals surface area contributed by atoms with Crippen molar-refractivity contribution in [2.24, 2.45) is 0 Å². The first-order valence-corrected chi connectivity index (χ1v) is 12.0. The Morgan fingerprint density at radius 2 is 1.56 bits per heavy atom. The molecule has 1 saturated carbocycles. The SMILES string of the molecule is O=S(=O)(C1CCCCC1)C1CN(S(=O)(=O)c2ccc(Cl)c(C(F)(F)F)c2)C1. The fourth-order valence-corrected chi connectivity index (χ4v) is 7.78. The second-order valence-electron chi connectivity index (χ2n) is 6.93. The highest BCUT2D eigenvalue weighted by atomic mass is 35.5. The van der Waals surface area contributed by atoms with Gasteiger partial charge in [0.05, 0.1) is 26.0 Å². The van der Waals surface area contributed by atoms with Gasteiger partial charge >= 0.3 is 6.18 Å². The molecule has 1 aromatic carbocycles. The molecule has 0 amide bonds. The third kappa shape index (κ3) is 3.99. The number of sulfonamides is 1. The van der Waals surface area contributed by atoms with Crippen LogP contribution in [0.3, 0.4) is 0 Å². The Labute approximate surface area is 161 Å². The fraction of sp³-hybridized carbons (Fsp3) is 0.625. The monoisotopic (exact) mass is 445 g/mol. The van der Waals surface area contributed by atoms with Crippen molar-refractivity contribution in [1.29, 1.82) is 0 Å². The second-order valence-corrected chi connectivity index (χ2v) is 11.8. The van der Waals surface area contributed by atoms with Crippen LogP contribution in [0.5, 0.6) is 0 Å². The van der Waals surface area contributed by atoms with Gasteiger partial charge in [-0.25, -0.2) is 16.8 Å². The number of rotatable bonds is 4. The van der Waals surface area contributed by atoms with Crippen molar-refractivity contribution in [3.63, 3.8) is 0 Å². The summed E-state index contributed by atoms with van der Waals surface area (Å²) in [6.45, 7) is -0.462. The van der Waals surface area contributed by atoms with Crippen LogP contribution < -0.4 is 0 Å². The standard InChI is InChI=1S/C16H19ClF3NO4S2/c17-15-7-6-12(8-14(15)16(18,19)20)27(24,25)21-9-13(10-21)26(22,23)11-4-2-1-3-5-11/h6-8,11,13H,1-5,9-10H2. The van der Waals surface area contributed by atoms with Gasteiger partial charge in [-0.15, -0.1) is 0 Å². The Bertz CT molecular complexity index is 919. The van der Waals surface area contributed by atoms with Crippen molar-refractivity contribution >= 4 is 31.5 Å². The quantitative estimate of drug-likeness (QED) is 0.711. The summed E-state index contributed by atoms with van der Waals surface area (Å²) in [5.74, 6) is 0. The maximum absolute atomic E-state index is 13.0. The van der Waals surface area contributed by atoms with Gasteiger partial charge < -0.3 is 0 Å². The van der Waals surface area contributed by atoms with E-state index in [2.05, 4.69) is 0 Å². The van der Waals surface area contributed by atoms with Crippen molar-refractivity contribution in [1.82, 2.24) is 4.31 Å². The molecule has 1 aromatic rings. The topological polar surface area (TPSA) is 71.5 Å². The molecular weight excluding hydrogens is 427 g/mol. The molecule has 11 heteroatoms. The molecule has 5 nitrogen and oxygen atoms in total. The molecule has 0 N–H and O–H groups in total. The minimum atomic E-state index is -4.79. The molecule has 27 heavy (non-hydrogen) atoms. The van der Waals surface area contributed by atoms with Crippen LogP contribution in [0.1, 0.15) is 37.7 Å². The minimum absolute atomic E-state index is 0.231. The molecule has 2 fully saturated rings. The molecule has 1 aliphatic carbocycles. The highest BCUT2D eigenvalue weighted by molar-refractivity contribution is 7.93. The first-order valence-electron chi connectivity index (χ1n) is 8.53. The molecule has 0 aromatic heterocycles. The summed E-state index contributed by atoms with van der Waals surface area (Å²) in [6.07, 6.45) is -0.956. The van der Waals surface area contributed by atoms with E-state index in [1.54, 1.807) is 0 Å². The summed E-state index contributed by atoms with van der Waals surface area (Å²) >= 11 is 5.52. The normalized spacial score (nSPS) is 21.2. The van der Waals surface area contributed by atoms with Gasteiger partial charge in [-0.05, 0) is 31.0 Å². The molecule has 3 rings (SSSR count). The van der Waals surface area contributed by atoms with Gasteiger partial charge in [0.2, 0.25) is 10.0 Å². The van der Waals surface area contributed by atoms with Gasteiger partial charge in [-0.1, -0.05) is 30.9 Å². The van der Waals surface area contributed by atoms with Gasteiger partial charge in [0, 0.05) is 13.1 Å². The Morgan fingerprint density at radius 1 is 0.963 bits per heavy atom. The van der Waals surface area contributed by atoms with E-state index in [0.717, 1.165) is 35.7 Å². The van der Waals surface area contributed by atoms with Crippen LogP contribution in [0.15, 0.2) is 23.1 Å². The molecule has 0 unspecified atom stereocenters. The molecule has 2 aliphatic rings. The van der Waals surface area contributed by atoms with Crippen LogP contribution >= 0.6 is 11.6 Å². The zero-order valence-electron chi connectivity index (χ0n) is 14.2. The first kappa shape index (κ1) is 20.9. The summed E-state index contributed by atoms with van der Waals surface area (Å²) in [4.78, 5) is -0.548. The highest BCUT2D eigenvalue weighted by Gasteiger charge is 2.47. The van der Waals surface area contributed by atoms with Gasteiger partial charge in [0.1, 0.15) is 0 Å². The third-order valence-corrected chi connectivity index (χ3v) is 9.96. The highest BCUT2D eigenvalue weighted by Crippen LogP contribution is 2.37. The number of hydrogen-bond donors (Lipinski definition) is 0. The average molecular weight is 446 g/mol. The van der Waals surface area contributed by atoms with Crippen LogP contribution in [-0.4, -0.2) is 44.7 Å². The van der Waals surface area contributed by atoms with Crippen LogP contribution in [-0.2, 0) is 26.0 Å². The summed E-state index contributed by atoms with van der Waals surface area (Å²) in [5.41, 5.74) is -1.24. The van der Waals surface area contributed by atoms with Crippen LogP contribution in [0.2, 0.25) is 5.02 Å². The summed E-state index contributed by atoms with van der Waals surface area (Å²) in [7, 11) is -7.66. The van der Waals surface area contributed by atoms with Crippen molar-refractivity contribution in [3.05, 3.63) is 28.8 Å². The molecule has 1 aliphatic heterocycles. The van der Waals surface area contributed by atoms with Crippen molar-refractivity contribution < 1.29 is 30.0 Å². The van der Waals surface area contributed by atoms with Crippen LogP contribution in [0.4, 0.5) is 13.2 Å². The number of nitrogens with zero attached hydrogens (tertiary/aromatic N) is 1. The zero-order valence-corrected chi connectivity index (χ0v) is 16.6. The largest absolute Gasteiger partial charge is 0.417 e. The predicted octanol–water partition coefficient (Wildman–Crippen LogP) is 3.48. The van der Waals surface area contributed by atoms with E-state index in [1.165, 1.54) is 0 Å². The molecular formula is C16H19ClF3NO4S2.